The van der Waals surface area contributed by atoms with Crippen LogP contribution in [0.1, 0.15) is 27.7 Å². The zero-order valence-electron chi connectivity index (χ0n) is 22.4. The minimum atomic E-state index is -0.509. The van der Waals surface area contributed by atoms with E-state index in [4.69, 9.17) is 47.4 Å². The lowest BCUT2D eigenvalue weighted by Gasteiger charge is -2.19. The van der Waals surface area contributed by atoms with Gasteiger partial charge in [0.1, 0.15) is 18.8 Å². The number of carbonyl (C=O) groups is 2. The van der Waals surface area contributed by atoms with E-state index in [0.29, 0.717) is 99.1 Å². The summed E-state index contributed by atoms with van der Waals surface area (Å²) < 4.78 is 52.6. The van der Waals surface area contributed by atoms with Crippen LogP contribution >= 0.6 is 0 Å². The number of carbonyl (C=O) groups excluding carboxylic acids is 2. The smallest absolute Gasteiger partial charge is 0.332 e. The van der Waals surface area contributed by atoms with E-state index in [1.54, 1.807) is 0 Å². The van der Waals surface area contributed by atoms with Gasteiger partial charge in [-0.1, -0.05) is 0 Å². The van der Waals surface area contributed by atoms with Crippen LogP contribution in [0.3, 0.4) is 0 Å². The molecule has 0 spiro atoms. The number of rotatable bonds is 26. The van der Waals surface area contributed by atoms with Gasteiger partial charge in [0.25, 0.3) is 0 Å². The summed E-state index contributed by atoms with van der Waals surface area (Å²) in [6, 6.07) is 0. The van der Waals surface area contributed by atoms with Crippen LogP contribution in [0.2, 0.25) is 0 Å². The Morgan fingerprint density at radius 1 is 0.472 bits per heavy atom. The van der Waals surface area contributed by atoms with E-state index in [-0.39, 0.29) is 25.2 Å². The van der Waals surface area contributed by atoms with Gasteiger partial charge in [-0.15, -0.1) is 0 Å². The molecule has 12 nitrogen and oxygen atoms in total. The summed E-state index contributed by atoms with van der Waals surface area (Å²) >= 11 is 0. The van der Waals surface area contributed by atoms with Crippen LogP contribution in [0.4, 0.5) is 0 Å². The Balaban J connectivity index is 3.11. The van der Waals surface area contributed by atoms with E-state index < -0.39 is 5.60 Å². The molecule has 0 unspecified atom stereocenters. The van der Waals surface area contributed by atoms with Crippen molar-refractivity contribution in [3.05, 3.63) is 0 Å². The summed E-state index contributed by atoms with van der Waals surface area (Å²) in [6.07, 6.45) is 0. The Kier molecular flexibility index (Phi) is 24.3. The topological polar surface area (TPSA) is 126 Å². The molecule has 0 radical (unpaired) electrons. The highest BCUT2D eigenvalue weighted by Crippen LogP contribution is 2.06. The fraction of sp³-hybridized carbons (Fsp3) is 0.917. The molecule has 0 atom stereocenters. The monoisotopic (exact) mass is 526 g/mol. The van der Waals surface area contributed by atoms with Crippen LogP contribution in [0.5, 0.6) is 0 Å². The van der Waals surface area contributed by atoms with Crippen LogP contribution < -0.4 is 0 Å². The standard InChI is InChI=1S/C24H46O12/c1-22(25)35-20-19-33-16-15-31-12-11-29-8-7-27-5-6-28-9-10-30-13-14-32-17-18-34-21-23(26)36-24(2,3)4/h5-21H2,1-4H3. The third-order valence-corrected chi connectivity index (χ3v) is 3.78. The molecule has 0 aromatic carbocycles. The molecule has 0 aliphatic rings. The first kappa shape index (κ1) is 34.6. The van der Waals surface area contributed by atoms with E-state index in [1.807, 2.05) is 20.8 Å². The minimum absolute atomic E-state index is 0.0839. The normalized spacial score (nSPS) is 11.6. The van der Waals surface area contributed by atoms with Crippen LogP contribution in [-0.2, 0) is 57.0 Å². The van der Waals surface area contributed by atoms with E-state index in [0.717, 1.165) is 0 Å². The van der Waals surface area contributed by atoms with Crippen LogP contribution in [0, 0.1) is 0 Å². The molecule has 0 aromatic rings. The van der Waals surface area contributed by atoms with Gasteiger partial charge < -0.3 is 47.4 Å². The summed E-state index contributed by atoms with van der Waals surface area (Å²) in [5.74, 6) is -0.703. The summed E-state index contributed by atoms with van der Waals surface area (Å²) in [5.41, 5.74) is -0.509. The highest BCUT2D eigenvalue weighted by molar-refractivity contribution is 5.71. The second-order valence-electron chi connectivity index (χ2n) is 8.27. The van der Waals surface area contributed by atoms with Crippen LogP contribution in [0.25, 0.3) is 0 Å². The molecule has 0 aliphatic heterocycles. The maximum absolute atomic E-state index is 11.5. The van der Waals surface area contributed by atoms with E-state index >= 15 is 0 Å². The Bertz CT molecular complexity index is 510. The molecule has 0 bridgehead atoms. The first-order valence-corrected chi connectivity index (χ1v) is 12.3. The average molecular weight is 527 g/mol. The van der Waals surface area contributed by atoms with Gasteiger partial charge in [-0.2, -0.15) is 0 Å². The zero-order valence-corrected chi connectivity index (χ0v) is 22.4. The van der Waals surface area contributed by atoms with Crippen molar-refractivity contribution in [3.63, 3.8) is 0 Å². The lowest BCUT2D eigenvalue weighted by Crippen LogP contribution is -2.27. The summed E-state index contributed by atoms with van der Waals surface area (Å²) in [7, 11) is 0. The second-order valence-corrected chi connectivity index (χ2v) is 8.27. The Morgan fingerprint density at radius 3 is 1.03 bits per heavy atom. The Hall–Kier alpha value is -1.38. The summed E-state index contributed by atoms with van der Waals surface area (Å²) in [4.78, 5) is 22.0. The molecular weight excluding hydrogens is 480 g/mol. The van der Waals surface area contributed by atoms with Gasteiger partial charge in [0.15, 0.2) is 0 Å². The lowest BCUT2D eigenvalue weighted by molar-refractivity contribution is -0.160. The van der Waals surface area contributed by atoms with Crippen molar-refractivity contribution in [3.8, 4) is 0 Å². The molecule has 0 rings (SSSR count). The van der Waals surface area contributed by atoms with Crippen molar-refractivity contribution in [1.82, 2.24) is 0 Å². The molecule has 12 heteroatoms. The first-order valence-electron chi connectivity index (χ1n) is 12.3. The van der Waals surface area contributed by atoms with E-state index in [9.17, 15) is 9.59 Å². The van der Waals surface area contributed by atoms with Crippen molar-refractivity contribution < 1.29 is 57.0 Å². The van der Waals surface area contributed by atoms with Gasteiger partial charge in [0.05, 0.1) is 99.1 Å². The fourth-order valence-corrected chi connectivity index (χ4v) is 2.31. The predicted octanol–water partition coefficient (Wildman–Crippen LogP) is 1.02. The molecule has 0 aromatic heterocycles. The number of esters is 2. The molecular formula is C24H46O12. The largest absolute Gasteiger partial charge is 0.463 e. The third kappa shape index (κ3) is 30.7. The average Bonchev–Trinajstić information content (AvgIpc) is 2.80. The molecule has 0 aliphatic carbocycles. The quantitative estimate of drug-likeness (QED) is 0.118. The van der Waals surface area contributed by atoms with Crippen molar-refractivity contribution in [2.45, 2.75) is 33.3 Å². The first-order chi connectivity index (χ1) is 17.3. The number of hydrogen-bond donors (Lipinski definition) is 0. The Labute approximate surface area is 215 Å². The SMILES string of the molecule is CC(=O)OCCOCCOCCOCCOCCOCCOCCOCCOCC(=O)OC(C)(C)C. The molecule has 0 saturated carbocycles. The van der Waals surface area contributed by atoms with Crippen molar-refractivity contribution in [1.29, 1.82) is 0 Å². The highest BCUT2D eigenvalue weighted by atomic mass is 16.6. The molecule has 36 heavy (non-hydrogen) atoms. The van der Waals surface area contributed by atoms with Crippen molar-refractivity contribution in [2.75, 3.05) is 112 Å². The maximum Gasteiger partial charge on any atom is 0.332 e. The number of hydrogen-bond acceptors (Lipinski definition) is 12. The summed E-state index contributed by atoms with van der Waals surface area (Å²) in [6.45, 7) is 13.6. The van der Waals surface area contributed by atoms with Gasteiger partial charge >= 0.3 is 11.9 Å². The Morgan fingerprint density at radius 2 is 0.750 bits per heavy atom. The molecule has 0 saturated heterocycles. The lowest BCUT2D eigenvalue weighted by atomic mass is 10.2. The predicted molar refractivity (Wildman–Crippen MR) is 129 cm³/mol. The van der Waals surface area contributed by atoms with E-state index in [2.05, 4.69) is 0 Å². The minimum Gasteiger partial charge on any atom is -0.463 e. The van der Waals surface area contributed by atoms with Crippen LogP contribution in [-0.4, -0.2) is 130 Å². The highest BCUT2D eigenvalue weighted by Gasteiger charge is 2.15. The summed E-state index contributed by atoms with van der Waals surface area (Å²) in [5, 5.41) is 0. The second kappa shape index (κ2) is 25.3. The van der Waals surface area contributed by atoms with Gasteiger partial charge in [0, 0.05) is 6.92 Å². The van der Waals surface area contributed by atoms with E-state index in [1.165, 1.54) is 6.92 Å². The maximum atomic E-state index is 11.5. The molecule has 0 N–H and O–H groups in total. The third-order valence-electron chi connectivity index (χ3n) is 3.78. The van der Waals surface area contributed by atoms with Gasteiger partial charge in [0.2, 0.25) is 0 Å². The van der Waals surface area contributed by atoms with Crippen molar-refractivity contribution in [2.24, 2.45) is 0 Å². The van der Waals surface area contributed by atoms with Gasteiger partial charge in [-0.05, 0) is 20.8 Å². The molecule has 0 amide bonds. The fourth-order valence-electron chi connectivity index (χ4n) is 2.31. The molecule has 0 heterocycles. The molecule has 0 fully saturated rings. The van der Waals surface area contributed by atoms with Crippen molar-refractivity contribution >= 4 is 11.9 Å². The van der Waals surface area contributed by atoms with Gasteiger partial charge in [-0.3, -0.25) is 4.79 Å². The zero-order chi connectivity index (χ0) is 26.7. The van der Waals surface area contributed by atoms with Crippen LogP contribution in [0.15, 0.2) is 0 Å². The molecule has 214 valence electrons. The number of ether oxygens (including phenoxy) is 10. The van der Waals surface area contributed by atoms with Gasteiger partial charge in [-0.25, -0.2) is 4.79 Å².